The fourth-order valence-electron chi connectivity index (χ4n) is 3.63. The molecule has 0 saturated carbocycles. The third-order valence-corrected chi connectivity index (χ3v) is 6.97. The van der Waals surface area contributed by atoms with Crippen molar-refractivity contribution in [3.63, 3.8) is 0 Å². The largest absolute Gasteiger partial charge is 0.427 e. The van der Waals surface area contributed by atoms with Gasteiger partial charge in [-0.3, -0.25) is 13.9 Å². The van der Waals surface area contributed by atoms with Crippen LogP contribution in [-0.4, -0.2) is 26.8 Å². The quantitative estimate of drug-likeness (QED) is 0.468. The third-order valence-electron chi connectivity index (χ3n) is 5.15. The molecule has 0 atom stereocenters. The number of carbonyl (C=O) groups is 2. The van der Waals surface area contributed by atoms with Crippen LogP contribution in [0.2, 0.25) is 0 Å². The zero-order valence-electron chi connectivity index (χ0n) is 17.4. The van der Waals surface area contributed by atoms with Gasteiger partial charge in [0.2, 0.25) is 0 Å². The van der Waals surface area contributed by atoms with Crippen molar-refractivity contribution in [3.05, 3.63) is 83.9 Å². The molecule has 0 unspecified atom stereocenters. The summed E-state index contributed by atoms with van der Waals surface area (Å²) in [6, 6.07) is 19.8. The summed E-state index contributed by atoms with van der Waals surface area (Å²) in [6.07, 6.45) is 1.62. The van der Waals surface area contributed by atoms with Crippen molar-refractivity contribution in [2.45, 2.75) is 24.7 Å². The first-order valence-corrected chi connectivity index (χ1v) is 11.6. The molecular formula is C24H22N2O5S. The number of nitrogens with one attached hydrogen (secondary N) is 1. The minimum Gasteiger partial charge on any atom is -0.427 e. The monoisotopic (exact) mass is 450 g/mol. The fraction of sp³-hybridized carbons (Fsp3) is 0.167. The van der Waals surface area contributed by atoms with Gasteiger partial charge in [-0.25, -0.2) is 8.42 Å². The van der Waals surface area contributed by atoms with Crippen LogP contribution in [0.25, 0.3) is 0 Å². The Morgan fingerprint density at radius 1 is 0.938 bits per heavy atom. The van der Waals surface area contributed by atoms with Crippen LogP contribution >= 0.6 is 0 Å². The highest BCUT2D eigenvalue weighted by atomic mass is 32.2. The van der Waals surface area contributed by atoms with Crippen molar-refractivity contribution in [1.29, 1.82) is 0 Å². The number of carbonyl (C=O) groups excluding carboxylic acids is 2. The normalized spacial score (nSPS) is 13.2. The highest BCUT2D eigenvalue weighted by Crippen LogP contribution is 2.32. The number of benzene rings is 3. The van der Waals surface area contributed by atoms with Gasteiger partial charge in [0.25, 0.3) is 15.9 Å². The molecule has 0 fully saturated rings. The summed E-state index contributed by atoms with van der Waals surface area (Å²) in [5.74, 6) is -0.451. The van der Waals surface area contributed by atoms with Crippen LogP contribution in [-0.2, 0) is 21.2 Å². The second-order valence-corrected chi connectivity index (χ2v) is 9.27. The van der Waals surface area contributed by atoms with E-state index in [1.165, 1.54) is 35.5 Å². The topological polar surface area (TPSA) is 92.8 Å². The molecule has 1 aliphatic heterocycles. The molecule has 1 amide bonds. The van der Waals surface area contributed by atoms with E-state index in [0.717, 1.165) is 18.4 Å². The number of ether oxygens (including phenoxy) is 1. The van der Waals surface area contributed by atoms with Gasteiger partial charge >= 0.3 is 5.97 Å². The van der Waals surface area contributed by atoms with Gasteiger partial charge in [0, 0.05) is 24.7 Å². The van der Waals surface area contributed by atoms with Crippen LogP contribution in [0.15, 0.2) is 77.7 Å². The average Bonchev–Trinajstić information content (AvgIpc) is 2.79. The Hall–Kier alpha value is -3.65. The van der Waals surface area contributed by atoms with Crippen LogP contribution in [0, 0.1) is 0 Å². The zero-order valence-corrected chi connectivity index (χ0v) is 18.3. The minimum atomic E-state index is -3.71. The van der Waals surface area contributed by atoms with Crippen LogP contribution in [0.3, 0.4) is 0 Å². The van der Waals surface area contributed by atoms with Gasteiger partial charge in [-0.15, -0.1) is 0 Å². The van der Waals surface area contributed by atoms with E-state index in [2.05, 4.69) is 5.32 Å². The summed E-state index contributed by atoms with van der Waals surface area (Å²) in [6.45, 7) is 1.73. The summed E-state index contributed by atoms with van der Waals surface area (Å²) in [7, 11) is -3.71. The average molecular weight is 451 g/mol. The predicted octanol–water partition coefficient (Wildman–Crippen LogP) is 4.01. The number of amides is 1. The molecule has 0 spiro atoms. The molecule has 4 rings (SSSR count). The predicted molar refractivity (Wildman–Crippen MR) is 121 cm³/mol. The lowest BCUT2D eigenvalue weighted by Crippen LogP contribution is -2.35. The Kier molecular flexibility index (Phi) is 5.96. The Labute approximate surface area is 186 Å². The lowest BCUT2D eigenvalue weighted by molar-refractivity contribution is -0.131. The summed E-state index contributed by atoms with van der Waals surface area (Å²) in [5, 5.41) is 2.74. The smallest absolute Gasteiger partial charge is 0.308 e. The van der Waals surface area contributed by atoms with Crippen LogP contribution < -0.4 is 14.4 Å². The first-order chi connectivity index (χ1) is 15.3. The molecule has 7 nitrogen and oxygen atoms in total. The maximum atomic E-state index is 13.2. The Balaban J connectivity index is 1.48. The Morgan fingerprint density at radius 3 is 2.31 bits per heavy atom. The molecule has 1 aliphatic rings. The number of hydrogen-bond donors (Lipinski definition) is 1. The number of anilines is 2. The van der Waals surface area contributed by atoms with E-state index in [-0.39, 0.29) is 10.8 Å². The van der Waals surface area contributed by atoms with E-state index in [1.807, 2.05) is 24.3 Å². The molecule has 0 radical (unpaired) electrons. The number of fused-ring (bicyclic) bond motifs is 1. The fourth-order valence-corrected chi connectivity index (χ4v) is 5.17. The lowest BCUT2D eigenvalue weighted by atomic mass is 10.0. The minimum absolute atomic E-state index is 0.165. The van der Waals surface area contributed by atoms with Gasteiger partial charge < -0.3 is 10.1 Å². The molecule has 0 saturated heterocycles. The van der Waals surface area contributed by atoms with E-state index >= 15 is 0 Å². The van der Waals surface area contributed by atoms with E-state index in [1.54, 1.807) is 24.3 Å². The molecule has 0 aromatic heterocycles. The molecule has 0 bridgehead atoms. The first kappa shape index (κ1) is 21.6. The molecule has 1 N–H and O–H groups in total. The third kappa shape index (κ3) is 4.50. The summed E-state index contributed by atoms with van der Waals surface area (Å²) >= 11 is 0. The number of sulfonamides is 1. The van der Waals surface area contributed by atoms with Crippen LogP contribution in [0.4, 0.5) is 11.4 Å². The second-order valence-electron chi connectivity index (χ2n) is 7.41. The zero-order chi connectivity index (χ0) is 22.7. The molecule has 3 aromatic rings. The lowest BCUT2D eigenvalue weighted by Gasteiger charge is -2.30. The molecule has 164 valence electrons. The Morgan fingerprint density at radius 2 is 1.62 bits per heavy atom. The molecule has 8 heteroatoms. The molecule has 0 aliphatic carbocycles. The number of aryl methyl sites for hydroxylation is 1. The van der Waals surface area contributed by atoms with E-state index in [9.17, 15) is 18.0 Å². The van der Waals surface area contributed by atoms with Gasteiger partial charge in [-0.05, 0) is 73.0 Å². The number of rotatable bonds is 5. The van der Waals surface area contributed by atoms with Gasteiger partial charge in [-0.2, -0.15) is 0 Å². The first-order valence-electron chi connectivity index (χ1n) is 10.2. The number of para-hydroxylation sites is 1. The van der Waals surface area contributed by atoms with Gasteiger partial charge in [0.05, 0.1) is 10.6 Å². The van der Waals surface area contributed by atoms with E-state index in [4.69, 9.17) is 4.74 Å². The molecular weight excluding hydrogens is 428 g/mol. The second kappa shape index (κ2) is 8.84. The molecule has 3 aromatic carbocycles. The van der Waals surface area contributed by atoms with Crippen LogP contribution in [0.5, 0.6) is 5.75 Å². The van der Waals surface area contributed by atoms with Gasteiger partial charge in [-0.1, -0.05) is 18.2 Å². The highest BCUT2D eigenvalue weighted by Gasteiger charge is 2.28. The number of hydrogen-bond acceptors (Lipinski definition) is 5. The van der Waals surface area contributed by atoms with Crippen molar-refractivity contribution in [3.8, 4) is 5.75 Å². The number of esters is 1. The maximum Gasteiger partial charge on any atom is 0.308 e. The maximum absolute atomic E-state index is 13.2. The van der Waals surface area contributed by atoms with Gasteiger partial charge in [0.1, 0.15) is 5.75 Å². The number of nitrogens with zero attached hydrogens (tertiary/aromatic N) is 1. The Bertz CT molecular complexity index is 1250. The highest BCUT2D eigenvalue weighted by molar-refractivity contribution is 7.92. The van der Waals surface area contributed by atoms with Crippen molar-refractivity contribution < 1.29 is 22.7 Å². The molecule has 1 heterocycles. The summed E-state index contributed by atoms with van der Waals surface area (Å²) < 4.78 is 32.8. The SMILES string of the molecule is CC(=O)Oc1ccc(C(=O)Nc2ccc(S(=O)(=O)N3CCCc4ccccc43)cc2)cc1. The summed E-state index contributed by atoms with van der Waals surface area (Å²) in [4.78, 5) is 23.6. The van der Waals surface area contributed by atoms with Crippen LogP contribution in [0.1, 0.15) is 29.3 Å². The van der Waals surface area contributed by atoms with Crippen molar-refractivity contribution in [1.82, 2.24) is 0 Å². The standard InChI is InChI=1S/C24H22N2O5S/c1-17(27)31-21-12-8-19(9-13-21)24(28)25-20-10-14-22(15-11-20)32(29,30)26-16-4-6-18-5-2-3-7-23(18)26/h2-3,5,7-15H,4,6,16H2,1H3,(H,25,28). The van der Waals surface area contributed by atoms with Crippen molar-refractivity contribution in [2.75, 3.05) is 16.2 Å². The van der Waals surface area contributed by atoms with Crippen molar-refractivity contribution >= 4 is 33.3 Å². The van der Waals surface area contributed by atoms with Crippen molar-refractivity contribution in [2.24, 2.45) is 0 Å². The van der Waals surface area contributed by atoms with E-state index < -0.39 is 16.0 Å². The van der Waals surface area contributed by atoms with Gasteiger partial charge in [0.15, 0.2) is 0 Å². The molecule has 32 heavy (non-hydrogen) atoms. The summed E-state index contributed by atoms with van der Waals surface area (Å²) in [5.41, 5.74) is 2.58. The van der Waals surface area contributed by atoms with E-state index in [0.29, 0.717) is 29.2 Å².